The van der Waals surface area contributed by atoms with Crippen LogP contribution >= 0.6 is 0 Å². The maximum absolute atomic E-state index is 12.5. The van der Waals surface area contributed by atoms with Gasteiger partial charge in [0, 0.05) is 38.6 Å². The van der Waals surface area contributed by atoms with Gasteiger partial charge in [-0.1, -0.05) is 20.8 Å². The zero-order valence-electron chi connectivity index (χ0n) is 13.0. The van der Waals surface area contributed by atoms with Gasteiger partial charge >= 0.3 is 0 Å². The van der Waals surface area contributed by atoms with Gasteiger partial charge in [0.25, 0.3) is 5.56 Å². The third kappa shape index (κ3) is 3.20. The lowest BCUT2D eigenvalue weighted by atomic mass is 9.90. The molecular weight excluding hydrogens is 252 g/mol. The zero-order chi connectivity index (χ0) is 14.8. The number of aromatic nitrogens is 2. The predicted molar refractivity (Wildman–Crippen MR) is 82.2 cm³/mol. The Bertz CT molecular complexity index is 511. The molecular formula is C15H26N4O. The average Bonchev–Trinajstić information content (AvgIpc) is 2.74. The molecule has 1 aromatic rings. The zero-order valence-corrected chi connectivity index (χ0v) is 13.0. The van der Waals surface area contributed by atoms with Crippen molar-refractivity contribution in [3.8, 4) is 0 Å². The number of anilines is 1. The molecule has 1 unspecified atom stereocenters. The monoisotopic (exact) mass is 278 g/mol. The summed E-state index contributed by atoms with van der Waals surface area (Å²) >= 11 is 0. The van der Waals surface area contributed by atoms with E-state index in [-0.39, 0.29) is 11.0 Å². The molecule has 2 rings (SSSR count). The molecule has 1 N–H and O–H groups in total. The molecule has 1 aliphatic heterocycles. The second kappa shape index (κ2) is 5.95. The van der Waals surface area contributed by atoms with Gasteiger partial charge in [-0.2, -0.15) is 0 Å². The summed E-state index contributed by atoms with van der Waals surface area (Å²) in [5, 5.41) is 3.24. The van der Waals surface area contributed by atoms with Crippen molar-refractivity contribution >= 4 is 5.82 Å². The lowest BCUT2D eigenvalue weighted by Crippen LogP contribution is -2.36. The molecule has 0 bridgehead atoms. The highest BCUT2D eigenvalue weighted by Crippen LogP contribution is 2.30. The first-order chi connectivity index (χ1) is 9.45. The molecule has 2 heterocycles. The lowest BCUT2D eigenvalue weighted by molar-refractivity contribution is 0.355. The van der Waals surface area contributed by atoms with Crippen molar-refractivity contribution in [2.75, 3.05) is 31.6 Å². The van der Waals surface area contributed by atoms with Crippen LogP contribution in [0.2, 0.25) is 0 Å². The minimum atomic E-state index is 0.0370. The van der Waals surface area contributed by atoms with Crippen molar-refractivity contribution in [1.82, 2.24) is 14.9 Å². The molecule has 5 heteroatoms. The Morgan fingerprint density at radius 3 is 2.90 bits per heavy atom. The van der Waals surface area contributed by atoms with Crippen LogP contribution in [-0.2, 0) is 6.54 Å². The lowest BCUT2D eigenvalue weighted by Gasteiger charge is -2.24. The van der Waals surface area contributed by atoms with E-state index in [1.54, 1.807) is 17.0 Å². The van der Waals surface area contributed by atoms with E-state index in [1.165, 1.54) is 0 Å². The van der Waals surface area contributed by atoms with Crippen molar-refractivity contribution in [1.29, 1.82) is 0 Å². The SMILES string of the molecule is CNCC1(C)CCN(c2nccn(CC(C)C)c2=O)C1. The molecule has 0 saturated carbocycles. The Morgan fingerprint density at radius 2 is 2.25 bits per heavy atom. The van der Waals surface area contributed by atoms with Gasteiger partial charge in [0.15, 0.2) is 5.82 Å². The summed E-state index contributed by atoms with van der Waals surface area (Å²) in [6.07, 6.45) is 4.62. The van der Waals surface area contributed by atoms with Crippen molar-refractivity contribution in [3.05, 3.63) is 22.7 Å². The Balaban J connectivity index is 2.20. The first kappa shape index (κ1) is 15.0. The fraction of sp³-hybridized carbons (Fsp3) is 0.733. The predicted octanol–water partition coefficient (Wildman–Crippen LogP) is 1.34. The molecule has 5 nitrogen and oxygen atoms in total. The number of nitrogens with zero attached hydrogens (tertiary/aromatic N) is 3. The summed E-state index contributed by atoms with van der Waals surface area (Å²) < 4.78 is 1.78. The molecule has 112 valence electrons. The molecule has 1 aliphatic rings. The summed E-state index contributed by atoms with van der Waals surface area (Å²) in [6.45, 7) is 10.0. The topological polar surface area (TPSA) is 50.2 Å². The maximum atomic E-state index is 12.5. The number of hydrogen-bond donors (Lipinski definition) is 1. The largest absolute Gasteiger partial charge is 0.351 e. The molecule has 0 aliphatic carbocycles. The third-order valence-electron chi connectivity index (χ3n) is 3.92. The first-order valence-electron chi connectivity index (χ1n) is 7.40. The summed E-state index contributed by atoms with van der Waals surface area (Å²) in [6, 6.07) is 0. The van der Waals surface area contributed by atoms with Gasteiger partial charge in [-0.05, 0) is 24.8 Å². The molecule has 0 spiro atoms. The van der Waals surface area contributed by atoms with Gasteiger partial charge in [-0.3, -0.25) is 4.79 Å². The molecule has 0 radical (unpaired) electrons. The second-order valence-corrected chi connectivity index (χ2v) is 6.61. The molecule has 1 saturated heterocycles. The van der Waals surface area contributed by atoms with Crippen LogP contribution < -0.4 is 15.8 Å². The molecule has 1 aromatic heterocycles. The van der Waals surface area contributed by atoms with Crippen LogP contribution in [-0.4, -0.2) is 36.2 Å². The summed E-state index contributed by atoms with van der Waals surface area (Å²) in [4.78, 5) is 19.0. The van der Waals surface area contributed by atoms with Gasteiger partial charge in [0.2, 0.25) is 0 Å². The van der Waals surface area contributed by atoms with Gasteiger partial charge in [-0.25, -0.2) is 4.98 Å². The van der Waals surface area contributed by atoms with Crippen LogP contribution in [0, 0.1) is 11.3 Å². The Hall–Kier alpha value is -1.36. The third-order valence-corrected chi connectivity index (χ3v) is 3.92. The number of hydrogen-bond acceptors (Lipinski definition) is 4. The minimum Gasteiger partial charge on any atom is -0.351 e. The molecule has 1 atom stereocenters. The fourth-order valence-corrected chi connectivity index (χ4v) is 2.97. The Labute approximate surface area is 121 Å². The molecule has 0 aromatic carbocycles. The molecule has 0 amide bonds. The van der Waals surface area contributed by atoms with Crippen LogP contribution in [0.15, 0.2) is 17.2 Å². The number of nitrogens with one attached hydrogen (secondary N) is 1. The minimum absolute atomic E-state index is 0.0370. The van der Waals surface area contributed by atoms with Gasteiger partial charge in [0.05, 0.1) is 0 Å². The standard InChI is InChI=1S/C15H26N4O/c1-12(2)9-18-8-6-17-13(14(18)20)19-7-5-15(3,11-19)10-16-4/h6,8,12,16H,5,7,9-11H2,1-4H3. The second-order valence-electron chi connectivity index (χ2n) is 6.61. The summed E-state index contributed by atoms with van der Waals surface area (Å²) in [7, 11) is 1.98. The summed E-state index contributed by atoms with van der Waals surface area (Å²) in [5.41, 5.74) is 0.261. The van der Waals surface area contributed by atoms with E-state index in [0.717, 1.165) is 32.6 Å². The van der Waals surface area contributed by atoms with Crippen LogP contribution in [0.4, 0.5) is 5.82 Å². The van der Waals surface area contributed by atoms with E-state index in [9.17, 15) is 4.79 Å². The van der Waals surface area contributed by atoms with Crippen LogP contribution in [0.5, 0.6) is 0 Å². The van der Waals surface area contributed by atoms with E-state index >= 15 is 0 Å². The van der Waals surface area contributed by atoms with Gasteiger partial charge < -0.3 is 14.8 Å². The fourth-order valence-electron chi connectivity index (χ4n) is 2.97. The quantitative estimate of drug-likeness (QED) is 0.883. The van der Waals surface area contributed by atoms with Gasteiger partial charge in [-0.15, -0.1) is 0 Å². The molecule has 20 heavy (non-hydrogen) atoms. The molecule has 1 fully saturated rings. The van der Waals surface area contributed by atoms with Crippen molar-refractivity contribution in [3.63, 3.8) is 0 Å². The van der Waals surface area contributed by atoms with Crippen molar-refractivity contribution < 1.29 is 0 Å². The van der Waals surface area contributed by atoms with E-state index in [1.807, 2.05) is 7.05 Å². The van der Waals surface area contributed by atoms with Crippen LogP contribution in [0.25, 0.3) is 0 Å². The Morgan fingerprint density at radius 1 is 1.50 bits per heavy atom. The normalized spacial score (nSPS) is 22.8. The highest BCUT2D eigenvalue weighted by Gasteiger charge is 2.34. The first-order valence-corrected chi connectivity index (χ1v) is 7.40. The highest BCUT2D eigenvalue weighted by atomic mass is 16.1. The Kier molecular flexibility index (Phi) is 4.48. The van der Waals surface area contributed by atoms with Crippen molar-refractivity contribution in [2.24, 2.45) is 11.3 Å². The van der Waals surface area contributed by atoms with E-state index in [4.69, 9.17) is 0 Å². The smallest absolute Gasteiger partial charge is 0.293 e. The van der Waals surface area contributed by atoms with Crippen LogP contribution in [0.3, 0.4) is 0 Å². The maximum Gasteiger partial charge on any atom is 0.293 e. The van der Waals surface area contributed by atoms with E-state index < -0.39 is 0 Å². The van der Waals surface area contributed by atoms with Crippen LogP contribution in [0.1, 0.15) is 27.2 Å². The number of rotatable bonds is 5. The highest BCUT2D eigenvalue weighted by molar-refractivity contribution is 5.38. The summed E-state index contributed by atoms with van der Waals surface area (Å²) in [5.74, 6) is 1.06. The van der Waals surface area contributed by atoms with E-state index in [0.29, 0.717) is 11.7 Å². The van der Waals surface area contributed by atoms with E-state index in [2.05, 4.69) is 36.0 Å². The van der Waals surface area contributed by atoms with Gasteiger partial charge in [0.1, 0.15) is 0 Å². The van der Waals surface area contributed by atoms with Crippen molar-refractivity contribution in [2.45, 2.75) is 33.7 Å². The average molecular weight is 278 g/mol.